The Bertz CT molecular complexity index is 388. The predicted molar refractivity (Wildman–Crippen MR) is 55.1 cm³/mol. The standard InChI is InChI=1S/C10H12N2O3/c1-15-12-9(10(11)14)8-5-3-2-4-7(8)6-13/h2-5,13H,6H2,1H3,(H2,11,14)/b12-9-. The number of benzene rings is 1. The second kappa shape index (κ2) is 5.11. The van der Waals surface area contributed by atoms with E-state index in [1.54, 1.807) is 24.3 Å². The molecule has 0 heterocycles. The summed E-state index contributed by atoms with van der Waals surface area (Å²) in [6.45, 7) is -0.188. The van der Waals surface area contributed by atoms with Gasteiger partial charge in [0.15, 0.2) is 5.71 Å². The quantitative estimate of drug-likeness (QED) is 0.540. The van der Waals surface area contributed by atoms with Crippen molar-refractivity contribution in [2.24, 2.45) is 10.9 Å². The Morgan fingerprint density at radius 1 is 1.53 bits per heavy atom. The summed E-state index contributed by atoms with van der Waals surface area (Å²) in [5, 5.41) is 12.6. The topological polar surface area (TPSA) is 84.9 Å². The first kappa shape index (κ1) is 11.2. The minimum atomic E-state index is -0.697. The Labute approximate surface area is 87.1 Å². The van der Waals surface area contributed by atoms with Gasteiger partial charge in [0, 0.05) is 5.56 Å². The average molecular weight is 208 g/mol. The van der Waals surface area contributed by atoms with Crippen molar-refractivity contribution in [1.82, 2.24) is 0 Å². The SMILES string of the molecule is CO/N=C(\C(N)=O)c1ccccc1CO. The molecule has 5 nitrogen and oxygen atoms in total. The number of nitrogens with two attached hydrogens (primary N) is 1. The maximum Gasteiger partial charge on any atom is 0.271 e. The fourth-order valence-corrected chi connectivity index (χ4v) is 1.21. The molecule has 80 valence electrons. The van der Waals surface area contributed by atoms with Crippen molar-refractivity contribution < 1.29 is 14.7 Å². The number of carbonyl (C=O) groups excluding carboxylic acids is 1. The molecule has 0 unspecified atom stereocenters. The summed E-state index contributed by atoms with van der Waals surface area (Å²) in [7, 11) is 1.32. The molecular formula is C10H12N2O3. The number of aliphatic hydroxyl groups is 1. The van der Waals surface area contributed by atoms with E-state index in [9.17, 15) is 4.79 Å². The first-order valence-corrected chi connectivity index (χ1v) is 4.30. The molecule has 1 rings (SSSR count). The van der Waals surface area contributed by atoms with Crippen molar-refractivity contribution in [2.75, 3.05) is 7.11 Å². The number of oxime groups is 1. The lowest BCUT2D eigenvalue weighted by atomic mass is 10.0. The number of rotatable bonds is 4. The van der Waals surface area contributed by atoms with Crippen LogP contribution in [0.2, 0.25) is 0 Å². The number of hydrogen-bond donors (Lipinski definition) is 2. The summed E-state index contributed by atoms with van der Waals surface area (Å²) in [4.78, 5) is 15.6. The summed E-state index contributed by atoms with van der Waals surface area (Å²) in [5.74, 6) is -0.697. The zero-order chi connectivity index (χ0) is 11.3. The van der Waals surface area contributed by atoms with Crippen molar-refractivity contribution in [3.05, 3.63) is 35.4 Å². The van der Waals surface area contributed by atoms with Crippen LogP contribution in [0.5, 0.6) is 0 Å². The molecule has 0 saturated heterocycles. The van der Waals surface area contributed by atoms with Gasteiger partial charge in [-0.1, -0.05) is 29.4 Å². The van der Waals surface area contributed by atoms with E-state index >= 15 is 0 Å². The Hall–Kier alpha value is -1.88. The third-order valence-corrected chi connectivity index (χ3v) is 1.86. The molecule has 0 aliphatic rings. The molecule has 1 aromatic carbocycles. The van der Waals surface area contributed by atoms with Gasteiger partial charge in [0.2, 0.25) is 0 Å². The molecule has 0 atom stereocenters. The van der Waals surface area contributed by atoms with Gasteiger partial charge in [-0.15, -0.1) is 0 Å². The molecule has 0 fully saturated rings. The van der Waals surface area contributed by atoms with Crippen molar-refractivity contribution in [1.29, 1.82) is 0 Å². The number of carbonyl (C=O) groups is 1. The van der Waals surface area contributed by atoms with Crippen molar-refractivity contribution in [2.45, 2.75) is 6.61 Å². The molecule has 1 amide bonds. The van der Waals surface area contributed by atoms with Crippen LogP contribution in [0.25, 0.3) is 0 Å². The van der Waals surface area contributed by atoms with Crippen LogP contribution in [0.4, 0.5) is 0 Å². The normalized spacial score (nSPS) is 11.2. The number of nitrogens with zero attached hydrogens (tertiary/aromatic N) is 1. The molecule has 0 aliphatic heterocycles. The predicted octanol–water partition coefficient (Wildman–Crippen LogP) is 0.0147. The highest BCUT2D eigenvalue weighted by atomic mass is 16.6. The van der Waals surface area contributed by atoms with Crippen LogP contribution >= 0.6 is 0 Å². The van der Waals surface area contributed by atoms with Crippen LogP contribution in [0.1, 0.15) is 11.1 Å². The average Bonchev–Trinajstić information content (AvgIpc) is 2.25. The third-order valence-electron chi connectivity index (χ3n) is 1.86. The summed E-state index contributed by atoms with van der Waals surface area (Å²) in [6.07, 6.45) is 0. The molecule has 15 heavy (non-hydrogen) atoms. The molecule has 0 radical (unpaired) electrons. The van der Waals surface area contributed by atoms with E-state index in [4.69, 9.17) is 10.8 Å². The number of amides is 1. The van der Waals surface area contributed by atoms with E-state index in [0.717, 1.165) is 0 Å². The molecule has 0 bridgehead atoms. The van der Waals surface area contributed by atoms with Gasteiger partial charge in [-0.3, -0.25) is 4.79 Å². The van der Waals surface area contributed by atoms with E-state index < -0.39 is 5.91 Å². The van der Waals surface area contributed by atoms with Gasteiger partial charge in [-0.25, -0.2) is 0 Å². The molecule has 3 N–H and O–H groups in total. The first-order chi connectivity index (χ1) is 7.20. The van der Waals surface area contributed by atoms with Gasteiger partial charge in [-0.05, 0) is 5.56 Å². The van der Waals surface area contributed by atoms with Crippen LogP contribution in [0.15, 0.2) is 29.4 Å². The molecular weight excluding hydrogens is 196 g/mol. The monoisotopic (exact) mass is 208 g/mol. The number of primary amides is 1. The van der Waals surface area contributed by atoms with Gasteiger partial charge < -0.3 is 15.7 Å². The summed E-state index contributed by atoms with van der Waals surface area (Å²) < 4.78 is 0. The van der Waals surface area contributed by atoms with Crippen molar-refractivity contribution >= 4 is 11.6 Å². The summed E-state index contributed by atoms with van der Waals surface area (Å²) in [6, 6.07) is 6.81. The van der Waals surface area contributed by atoms with Gasteiger partial charge in [0.05, 0.1) is 6.61 Å². The highest BCUT2D eigenvalue weighted by Crippen LogP contribution is 2.10. The van der Waals surface area contributed by atoms with Crippen LogP contribution in [0.3, 0.4) is 0 Å². The van der Waals surface area contributed by atoms with Gasteiger partial charge in [-0.2, -0.15) is 0 Å². The highest BCUT2D eigenvalue weighted by molar-refractivity contribution is 6.45. The molecule has 0 spiro atoms. The molecule has 0 saturated carbocycles. The van der Waals surface area contributed by atoms with E-state index in [0.29, 0.717) is 11.1 Å². The molecule has 0 aliphatic carbocycles. The largest absolute Gasteiger partial charge is 0.398 e. The lowest BCUT2D eigenvalue weighted by Crippen LogP contribution is -2.25. The lowest BCUT2D eigenvalue weighted by Gasteiger charge is -2.06. The Morgan fingerprint density at radius 3 is 2.73 bits per heavy atom. The van der Waals surface area contributed by atoms with Gasteiger partial charge >= 0.3 is 0 Å². The lowest BCUT2D eigenvalue weighted by molar-refractivity contribution is -0.112. The van der Waals surface area contributed by atoms with Gasteiger partial charge in [0.25, 0.3) is 5.91 Å². The van der Waals surface area contributed by atoms with Crippen LogP contribution < -0.4 is 5.73 Å². The highest BCUT2D eigenvalue weighted by Gasteiger charge is 2.14. The van der Waals surface area contributed by atoms with E-state index in [-0.39, 0.29) is 12.3 Å². The molecule has 1 aromatic rings. The van der Waals surface area contributed by atoms with Crippen LogP contribution in [0, 0.1) is 0 Å². The summed E-state index contributed by atoms with van der Waals surface area (Å²) >= 11 is 0. The Kier molecular flexibility index (Phi) is 3.82. The smallest absolute Gasteiger partial charge is 0.271 e. The first-order valence-electron chi connectivity index (χ1n) is 4.30. The maximum absolute atomic E-state index is 11.1. The van der Waals surface area contributed by atoms with Crippen molar-refractivity contribution in [3.63, 3.8) is 0 Å². The third kappa shape index (κ3) is 2.54. The van der Waals surface area contributed by atoms with Crippen LogP contribution in [-0.4, -0.2) is 23.8 Å². The second-order valence-corrected chi connectivity index (χ2v) is 2.80. The molecule has 5 heteroatoms. The van der Waals surface area contributed by atoms with Crippen molar-refractivity contribution in [3.8, 4) is 0 Å². The zero-order valence-corrected chi connectivity index (χ0v) is 8.30. The minimum absolute atomic E-state index is 0.00199. The fourth-order valence-electron chi connectivity index (χ4n) is 1.21. The second-order valence-electron chi connectivity index (χ2n) is 2.80. The van der Waals surface area contributed by atoms with E-state index in [1.165, 1.54) is 7.11 Å². The van der Waals surface area contributed by atoms with E-state index in [1.807, 2.05) is 0 Å². The maximum atomic E-state index is 11.1. The van der Waals surface area contributed by atoms with Gasteiger partial charge in [0.1, 0.15) is 7.11 Å². The number of aliphatic hydroxyl groups excluding tert-OH is 1. The van der Waals surface area contributed by atoms with E-state index in [2.05, 4.69) is 9.99 Å². The minimum Gasteiger partial charge on any atom is -0.398 e. The fraction of sp³-hybridized carbons (Fsp3) is 0.200. The Balaban J connectivity index is 3.22. The zero-order valence-electron chi connectivity index (χ0n) is 8.30. The van der Waals surface area contributed by atoms with Crippen LogP contribution in [-0.2, 0) is 16.2 Å². The Morgan fingerprint density at radius 2 is 2.20 bits per heavy atom. The summed E-state index contributed by atoms with van der Waals surface area (Å²) in [5.41, 5.74) is 6.21. The molecule has 0 aromatic heterocycles. The number of hydrogen-bond acceptors (Lipinski definition) is 4.